The summed E-state index contributed by atoms with van der Waals surface area (Å²) in [5.41, 5.74) is 4.99. The molecule has 4 heterocycles. The summed E-state index contributed by atoms with van der Waals surface area (Å²) < 4.78 is 12.2. The van der Waals surface area contributed by atoms with Crippen LogP contribution in [0, 0.1) is 5.92 Å². The molecule has 2 aromatic rings. The Morgan fingerprint density at radius 3 is 2.73 bits per heavy atom. The number of fused-ring (bicyclic) bond motifs is 5. The van der Waals surface area contributed by atoms with Crippen molar-refractivity contribution in [3.05, 3.63) is 48.2 Å². The number of aromatic nitrogens is 1. The van der Waals surface area contributed by atoms with Crippen molar-refractivity contribution in [3.8, 4) is 5.75 Å². The van der Waals surface area contributed by atoms with Crippen LogP contribution in [0.3, 0.4) is 0 Å². The van der Waals surface area contributed by atoms with E-state index < -0.39 is 46.7 Å². The van der Waals surface area contributed by atoms with E-state index in [1.165, 1.54) is 4.90 Å². The summed E-state index contributed by atoms with van der Waals surface area (Å²) in [5.74, 6) is -0.975. The van der Waals surface area contributed by atoms with Crippen LogP contribution in [-0.2, 0) is 25.5 Å². The summed E-state index contributed by atoms with van der Waals surface area (Å²) in [6.45, 7) is 5.44. The Balaban J connectivity index is 1.33. The third kappa shape index (κ3) is 6.21. The third-order valence-electron chi connectivity index (χ3n) is 9.51. The van der Waals surface area contributed by atoms with E-state index in [2.05, 4.69) is 15.6 Å². The van der Waals surface area contributed by atoms with Gasteiger partial charge in [-0.1, -0.05) is 43.2 Å². The summed E-state index contributed by atoms with van der Waals surface area (Å²) in [4.78, 5) is 60.1. The molecule has 0 radical (unpaired) electrons. The number of carbonyl (C=O) groups excluding carboxylic acids is 4. The lowest BCUT2D eigenvalue weighted by molar-refractivity contribution is -0.141. The summed E-state index contributed by atoms with van der Waals surface area (Å²) in [6.07, 6.45) is 10.6. The van der Waals surface area contributed by atoms with Crippen LogP contribution >= 0.6 is 0 Å². The fraction of sp³-hybridized carbons (Fsp3) is 0.559. The number of nitrogens with one attached hydrogen (secondary N) is 2. The van der Waals surface area contributed by atoms with Crippen LogP contribution in [-0.4, -0.2) is 69.1 Å². The van der Waals surface area contributed by atoms with Gasteiger partial charge in [0, 0.05) is 23.3 Å². The van der Waals surface area contributed by atoms with Crippen LogP contribution in [0.2, 0.25) is 0 Å². The molecule has 4 N–H and O–H groups in total. The van der Waals surface area contributed by atoms with Crippen LogP contribution in [0.25, 0.3) is 10.9 Å². The average Bonchev–Trinajstić information content (AvgIpc) is 3.56. The highest BCUT2D eigenvalue weighted by molar-refractivity contribution is 5.98. The molecule has 3 aliphatic heterocycles. The molecule has 0 bridgehead atoms. The predicted molar refractivity (Wildman–Crippen MR) is 167 cm³/mol. The number of pyridine rings is 1. The fourth-order valence-corrected chi connectivity index (χ4v) is 7.10. The maximum absolute atomic E-state index is 14.4. The molecule has 45 heavy (non-hydrogen) atoms. The number of aryl methyl sites for hydroxylation is 1. The van der Waals surface area contributed by atoms with Crippen molar-refractivity contribution >= 4 is 34.7 Å². The number of carbonyl (C=O) groups is 4. The number of para-hydroxylation sites is 1. The number of rotatable bonds is 2. The molecule has 1 aromatic heterocycles. The van der Waals surface area contributed by atoms with Crippen molar-refractivity contribution in [1.82, 2.24) is 20.5 Å². The molecule has 2 fully saturated rings. The van der Waals surface area contributed by atoms with Crippen molar-refractivity contribution in [1.29, 1.82) is 0 Å². The first kappa shape index (κ1) is 30.9. The van der Waals surface area contributed by atoms with Gasteiger partial charge < -0.3 is 30.7 Å². The first-order valence-electron chi connectivity index (χ1n) is 16.0. The SMILES string of the molecule is CC(C)(C)OC(=O)N[C@H]1CCCCC/C=C\[C@@H]2C[C@@]2(C(N)=O)NC(=O)[C@@H]2C[C@]3(CCc4c(cnc5ccccc45)O3)CN2C1=O. The van der Waals surface area contributed by atoms with Crippen LogP contribution in [0.15, 0.2) is 42.6 Å². The van der Waals surface area contributed by atoms with Crippen LogP contribution in [0.4, 0.5) is 4.79 Å². The Labute approximate surface area is 263 Å². The Morgan fingerprint density at radius 1 is 1.16 bits per heavy atom. The van der Waals surface area contributed by atoms with Crippen molar-refractivity contribution in [2.45, 2.75) is 107 Å². The monoisotopic (exact) mass is 617 g/mol. The molecule has 1 saturated heterocycles. The molecule has 11 heteroatoms. The lowest BCUT2D eigenvalue weighted by atomic mass is 9.87. The zero-order valence-corrected chi connectivity index (χ0v) is 26.3. The van der Waals surface area contributed by atoms with E-state index in [1.807, 2.05) is 36.4 Å². The highest BCUT2D eigenvalue weighted by Crippen LogP contribution is 2.46. The number of hydrogen-bond donors (Lipinski definition) is 3. The van der Waals surface area contributed by atoms with Gasteiger partial charge in [0.15, 0.2) is 0 Å². The van der Waals surface area contributed by atoms with Gasteiger partial charge in [0.25, 0.3) is 0 Å². The van der Waals surface area contributed by atoms with Gasteiger partial charge in [-0.05, 0) is 65.4 Å². The lowest BCUT2D eigenvalue weighted by Crippen LogP contribution is -2.57. The number of nitrogens with zero attached hydrogens (tertiary/aromatic N) is 2. The first-order chi connectivity index (χ1) is 21.4. The molecule has 5 atom stereocenters. The summed E-state index contributed by atoms with van der Waals surface area (Å²) in [7, 11) is 0. The number of benzene rings is 1. The van der Waals surface area contributed by atoms with Gasteiger partial charge in [-0.2, -0.15) is 0 Å². The number of nitrogens with two attached hydrogens (primary N) is 1. The van der Waals surface area contributed by atoms with E-state index in [1.54, 1.807) is 27.0 Å². The Bertz CT molecular complexity index is 1550. The van der Waals surface area contributed by atoms with Gasteiger partial charge in [-0.25, -0.2) is 4.79 Å². The number of amides is 4. The number of primary amides is 1. The summed E-state index contributed by atoms with van der Waals surface area (Å²) in [6, 6.07) is 6.07. The molecule has 1 aromatic carbocycles. The lowest BCUT2D eigenvalue weighted by Gasteiger charge is -2.36. The quantitative estimate of drug-likeness (QED) is 0.435. The van der Waals surface area contributed by atoms with Gasteiger partial charge in [-0.3, -0.25) is 19.4 Å². The van der Waals surface area contributed by atoms with E-state index in [9.17, 15) is 19.2 Å². The second-order valence-corrected chi connectivity index (χ2v) is 14.0. The molecular formula is C34H43N5O6. The Hall–Kier alpha value is -4.15. The number of allylic oxidation sites excluding steroid dienone is 1. The third-order valence-corrected chi connectivity index (χ3v) is 9.51. The van der Waals surface area contributed by atoms with E-state index in [-0.39, 0.29) is 24.8 Å². The van der Waals surface area contributed by atoms with Crippen LogP contribution in [0.1, 0.15) is 77.7 Å². The summed E-state index contributed by atoms with van der Waals surface area (Å²) >= 11 is 0. The second-order valence-electron chi connectivity index (χ2n) is 14.0. The molecule has 4 amide bonds. The van der Waals surface area contributed by atoms with Crippen molar-refractivity contribution in [3.63, 3.8) is 0 Å². The predicted octanol–water partition coefficient (Wildman–Crippen LogP) is 3.67. The molecule has 1 aliphatic carbocycles. The van der Waals surface area contributed by atoms with Crippen LogP contribution < -0.4 is 21.1 Å². The first-order valence-corrected chi connectivity index (χ1v) is 16.0. The second kappa shape index (κ2) is 11.7. The number of ether oxygens (including phenoxy) is 2. The highest BCUT2D eigenvalue weighted by atomic mass is 16.6. The van der Waals surface area contributed by atoms with E-state index in [0.29, 0.717) is 37.9 Å². The van der Waals surface area contributed by atoms with E-state index in [4.69, 9.17) is 15.2 Å². The van der Waals surface area contributed by atoms with Gasteiger partial charge in [0.2, 0.25) is 17.7 Å². The molecule has 6 rings (SSSR count). The molecular weight excluding hydrogens is 574 g/mol. The molecule has 4 aliphatic rings. The van der Waals surface area contributed by atoms with Gasteiger partial charge in [0.1, 0.15) is 34.6 Å². The van der Waals surface area contributed by atoms with Gasteiger partial charge in [-0.15, -0.1) is 0 Å². The van der Waals surface area contributed by atoms with E-state index in [0.717, 1.165) is 35.7 Å². The molecule has 240 valence electrons. The highest BCUT2D eigenvalue weighted by Gasteiger charge is 2.61. The molecule has 0 unspecified atom stereocenters. The molecule has 1 saturated carbocycles. The standard InChI is InChI=1S/C34H43N5O6/c1-32(2,3)45-31(43)37-25-14-8-6-4-5-7-11-21-17-34(21,30(35)42)38-28(40)26-18-33(20-39(26)29(25)41)16-15-23-22-12-9-10-13-24(22)36-19-27(23)44-33/h7,9-13,19,21,25-26H,4-6,8,14-18,20H2,1-3H3,(H2,35,42)(H,37,43)(H,38,40)/b11-7-/t21-,25+,26+,33-,34-/m1/s1. The topological polar surface area (TPSA) is 153 Å². The minimum Gasteiger partial charge on any atom is -0.483 e. The number of hydrogen-bond acceptors (Lipinski definition) is 7. The average molecular weight is 618 g/mol. The Morgan fingerprint density at radius 2 is 1.96 bits per heavy atom. The molecule has 11 nitrogen and oxygen atoms in total. The van der Waals surface area contributed by atoms with Crippen molar-refractivity contribution in [2.24, 2.45) is 11.7 Å². The van der Waals surface area contributed by atoms with Crippen LogP contribution in [0.5, 0.6) is 5.75 Å². The number of alkyl carbamates (subject to hydrolysis) is 1. The largest absolute Gasteiger partial charge is 0.483 e. The Kier molecular flexibility index (Phi) is 7.99. The maximum atomic E-state index is 14.4. The van der Waals surface area contributed by atoms with Crippen molar-refractivity contribution < 1.29 is 28.7 Å². The van der Waals surface area contributed by atoms with Gasteiger partial charge >= 0.3 is 6.09 Å². The zero-order chi connectivity index (χ0) is 32.0. The fourth-order valence-electron chi connectivity index (χ4n) is 7.10. The molecule has 1 spiro atoms. The smallest absolute Gasteiger partial charge is 0.408 e. The summed E-state index contributed by atoms with van der Waals surface area (Å²) in [5, 5.41) is 6.75. The van der Waals surface area contributed by atoms with Gasteiger partial charge in [0.05, 0.1) is 18.3 Å². The maximum Gasteiger partial charge on any atom is 0.408 e. The normalized spacial score (nSPS) is 30.9. The van der Waals surface area contributed by atoms with Crippen molar-refractivity contribution in [2.75, 3.05) is 6.54 Å². The van der Waals surface area contributed by atoms with E-state index >= 15 is 0 Å². The minimum absolute atomic E-state index is 0.148. The minimum atomic E-state index is -1.19. The zero-order valence-electron chi connectivity index (χ0n) is 26.3.